The van der Waals surface area contributed by atoms with Crippen LogP contribution in [0.25, 0.3) is 0 Å². The van der Waals surface area contributed by atoms with Crippen molar-refractivity contribution in [3.8, 4) is 0 Å². The van der Waals surface area contributed by atoms with Gasteiger partial charge in [-0.25, -0.2) is 0 Å². The van der Waals surface area contributed by atoms with E-state index in [0.29, 0.717) is 5.92 Å². The van der Waals surface area contributed by atoms with Crippen LogP contribution in [0.15, 0.2) is 60.7 Å². The molecule has 0 bridgehead atoms. The van der Waals surface area contributed by atoms with Crippen LogP contribution in [0.4, 0.5) is 0 Å². The fraction of sp³-hybridized carbons (Fsp3) is 0.200. The highest BCUT2D eigenvalue weighted by molar-refractivity contribution is 5.26. The summed E-state index contributed by atoms with van der Waals surface area (Å²) < 4.78 is 0. The zero-order valence-electron chi connectivity index (χ0n) is 9.51. The molecule has 0 saturated carbocycles. The van der Waals surface area contributed by atoms with Gasteiger partial charge in [0.05, 0.1) is 0 Å². The van der Waals surface area contributed by atoms with Crippen molar-refractivity contribution < 1.29 is 0 Å². The maximum Gasteiger partial charge on any atom is 0.0361 e. The Morgan fingerprint density at radius 1 is 0.750 bits per heavy atom. The van der Waals surface area contributed by atoms with Crippen molar-refractivity contribution in [2.45, 2.75) is 18.9 Å². The molecule has 16 heavy (non-hydrogen) atoms. The molecule has 82 valence electrons. The van der Waals surface area contributed by atoms with E-state index in [-0.39, 0.29) is 6.04 Å². The van der Waals surface area contributed by atoms with E-state index in [2.05, 4.69) is 43.3 Å². The standard InChI is InChI=1S/C15H17N/c1-12(13-8-4-2-5-9-13)15(16)14-10-6-3-7-11-14/h2-12,15H,16H2,1H3/t12-,15?/m0/s1. The van der Waals surface area contributed by atoms with Gasteiger partial charge in [0, 0.05) is 12.0 Å². The number of hydrogen-bond donors (Lipinski definition) is 1. The SMILES string of the molecule is C[C@@H](c1ccccc1)C(N)c1ccccc1. The first-order valence-electron chi connectivity index (χ1n) is 5.64. The van der Waals surface area contributed by atoms with Gasteiger partial charge in [0.1, 0.15) is 0 Å². The van der Waals surface area contributed by atoms with Gasteiger partial charge in [0.2, 0.25) is 0 Å². The predicted molar refractivity (Wildman–Crippen MR) is 68.2 cm³/mol. The van der Waals surface area contributed by atoms with Gasteiger partial charge in [-0.1, -0.05) is 67.6 Å². The number of nitrogens with two attached hydrogens (primary N) is 1. The second-order valence-corrected chi connectivity index (χ2v) is 4.14. The average molecular weight is 211 g/mol. The molecule has 1 unspecified atom stereocenters. The van der Waals surface area contributed by atoms with Gasteiger partial charge in [-0.15, -0.1) is 0 Å². The van der Waals surface area contributed by atoms with Crippen molar-refractivity contribution in [1.29, 1.82) is 0 Å². The second-order valence-electron chi connectivity index (χ2n) is 4.14. The van der Waals surface area contributed by atoms with Crippen LogP contribution in [0.5, 0.6) is 0 Å². The van der Waals surface area contributed by atoms with Crippen LogP contribution in [0.2, 0.25) is 0 Å². The van der Waals surface area contributed by atoms with E-state index in [1.165, 1.54) is 11.1 Å². The lowest BCUT2D eigenvalue weighted by Gasteiger charge is -2.20. The molecule has 2 atom stereocenters. The van der Waals surface area contributed by atoms with Crippen molar-refractivity contribution in [2.75, 3.05) is 0 Å². The Bertz CT molecular complexity index is 378. The Kier molecular flexibility index (Phi) is 3.37. The monoisotopic (exact) mass is 211 g/mol. The number of hydrogen-bond acceptors (Lipinski definition) is 1. The summed E-state index contributed by atoms with van der Waals surface area (Å²) in [6.45, 7) is 2.17. The molecular formula is C15H17N. The zero-order chi connectivity index (χ0) is 11.4. The van der Waals surface area contributed by atoms with Crippen LogP contribution in [0.3, 0.4) is 0 Å². The fourth-order valence-electron chi connectivity index (χ4n) is 1.93. The molecule has 2 N–H and O–H groups in total. The summed E-state index contributed by atoms with van der Waals surface area (Å²) in [6, 6.07) is 20.7. The van der Waals surface area contributed by atoms with E-state index < -0.39 is 0 Å². The first-order chi connectivity index (χ1) is 7.79. The van der Waals surface area contributed by atoms with Crippen molar-refractivity contribution >= 4 is 0 Å². The molecule has 0 aromatic heterocycles. The van der Waals surface area contributed by atoms with E-state index in [4.69, 9.17) is 5.73 Å². The Hall–Kier alpha value is -1.60. The number of rotatable bonds is 3. The highest BCUT2D eigenvalue weighted by Crippen LogP contribution is 2.27. The Morgan fingerprint density at radius 3 is 1.69 bits per heavy atom. The molecule has 0 radical (unpaired) electrons. The molecule has 1 heteroatoms. The maximum absolute atomic E-state index is 6.27. The zero-order valence-corrected chi connectivity index (χ0v) is 9.51. The molecule has 0 aliphatic carbocycles. The molecule has 0 amide bonds. The summed E-state index contributed by atoms with van der Waals surface area (Å²) in [4.78, 5) is 0. The molecular weight excluding hydrogens is 194 g/mol. The Labute approximate surface area is 96.9 Å². The lowest BCUT2D eigenvalue weighted by atomic mass is 9.89. The molecule has 0 aliphatic rings. The first-order valence-corrected chi connectivity index (χ1v) is 5.64. The topological polar surface area (TPSA) is 26.0 Å². The molecule has 0 saturated heterocycles. The summed E-state index contributed by atoms with van der Waals surface area (Å²) in [7, 11) is 0. The molecule has 1 nitrogen and oxygen atoms in total. The third-order valence-corrected chi connectivity index (χ3v) is 3.05. The van der Waals surface area contributed by atoms with Gasteiger partial charge in [0.25, 0.3) is 0 Å². The van der Waals surface area contributed by atoms with Crippen LogP contribution < -0.4 is 5.73 Å². The minimum absolute atomic E-state index is 0.0589. The van der Waals surface area contributed by atoms with Crippen LogP contribution in [-0.2, 0) is 0 Å². The van der Waals surface area contributed by atoms with E-state index in [1.54, 1.807) is 0 Å². The van der Waals surface area contributed by atoms with Crippen molar-refractivity contribution in [2.24, 2.45) is 5.73 Å². The van der Waals surface area contributed by atoms with Gasteiger partial charge in [-0.3, -0.25) is 0 Å². The molecule has 2 rings (SSSR count). The van der Waals surface area contributed by atoms with Gasteiger partial charge in [-0.2, -0.15) is 0 Å². The highest BCUT2D eigenvalue weighted by Gasteiger charge is 2.15. The fourth-order valence-corrected chi connectivity index (χ4v) is 1.93. The lowest BCUT2D eigenvalue weighted by molar-refractivity contribution is 0.598. The minimum atomic E-state index is 0.0589. The summed E-state index contributed by atoms with van der Waals surface area (Å²) in [5, 5.41) is 0. The minimum Gasteiger partial charge on any atom is -0.323 e. The molecule has 0 spiro atoms. The second kappa shape index (κ2) is 4.95. The van der Waals surface area contributed by atoms with Gasteiger partial charge >= 0.3 is 0 Å². The summed E-state index contributed by atoms with van der Waals surface area (Å²) in [6.07, 6.45) is 0. The van der Waals surface area contributed by atoms with Gasteiger partial charge < -0.3 is 5.73 Å². The molecule has 0 heterocycles. The molecule has 0 fully saturated rings. The third kappa shape index (κ3) is 2.31. The van der Waals surface area contributed by atoms with Crippen molar-refractivity contribution in [3.05, 3.63) is 71.8 Å². The van der Waals surface area contributed by atoms with Crippen molar-refractivity contribution in [1.82, 2.24) is 0 Å². The van der Waals surface area contributed by atoms with Crippen LogP contribution in [0, 0.1) is 0 Å². The van der Waals surface area contributed by atoms with Gasteiger partial charge in [-0.05, 0) is 11.1 Å². The molecule has 0 aliphatic heterocycles. The van der Waals surface area contributed by atoms with Crippen LogP contribution in [0.1, 0.15) is 30.0 Å². The van der Waals surface area contributed by atoms with E-state index in [0.717, 1.165) is 0 Å². The van der Waals surface area contributed by atoms with E-state index in [9.17, 15) is 0 Å². The molecule has 2 aromatic rings. The average Bonchev–Trinajstić information content (AvgIpc) is 2.39. The van der Waals surface area contributed by atoms with Crippen LogP contribution in [-0.4, -0.2) is 0 Å². The summed E-state index contributed by atoms with van der Waals surface area (Å²) >= 11 is 0. The quantitative estimate of drug-likeness (QED) is 0.826. The number of benzene rings is 2. The summed E-state index contributed by atoms with van der Waals surface area (Å²) in [5.74, 6) is 0.337. The largest absolute Gasteiger partial charge is 0.323 e. The van der Waals surface area contributed by atoms with E-state index in [1.807, 2.05) is 24.3 Å². The normalized spacial score (nSPS) is 14.4. The smallest absolute Gasteiger partial charge is 0.0361 e. The third-order valence-electron chi connectivity index (χ3n) is 3.05. The Morgan fingerprint density at radius 2 is 1.19 bits per heavy atom. The van der Waals surface area contributed by atoms with Crippen molar-refractivity contribution in [3.63, 3.8) is 0 Å². The first kappa shape index (κ1) is 10.9. The van der Waals surface area contributed by atoms with Crippen LogP contribution >= 0.6 is 0 Å². The molecule has 2 aromatic carbocycles. The lowest BCUT2D eigenvalue weighted by Crippen LogP contribution is -2.17. The Balaban J connectivity index is 2.20. The van der Waals surface area contributed by atoms with E-state index >= 15 is 0 Å². The van der Waals surface area contributed by atoms with Gasteiger partial charge in [0.15, 0.2) is 0 Å². The summed E-state index contributed by atoms with van der Waals surface area (Å²) in [5.41, 5.74) is 8.75. The maximum atomic E-state index is 6.27. The highest BCUT2D eigenvalue weighted by atomic mass is 14.6. The predicted octanol–water partition coefficient (Wildman–Crippen LogP) is 3.49.